The topological polar surface area (TPSA) is 98.5 Å². The molecule has 0 bridgehead atoms. The number of nitrogens with one attached hydrogen (secondary N) is 1. The Hall–Kier alpha value is -0.820. The Labute approximate surface area is 64.0 Å². The fourth-order valence-corrected chi connectivity index (χ4v) is 1.45. The molecule has 0 spiro atoms. The Morgan fingerprint density at radius 3 is 2.45 bits per heavy atom. The summed E-state index contributed by atoms with van der Waals surface area (Å²) in [4.78, 5) is 10.00. The van der Waals surface area contributed by atoms with Crippen molar-refractivity contribution >= 4 is 16.4 Å². The molecule has 0 aliphatic heterocycles. The van der Waals surface area contributed by atoms with Gasteiger partial charge in [0.25, 0.3) is 0 Å². The fourth-order valence-electron chi connectivity index (χ4n) is 0.537. The maximum atomic E-state index is 10.7. The van der Waals surface area contributed by atoms with Crippen LogP contribution in [0, 0.1) is 0 Å². The molecule has 64 valence electrons. The predicted octanol–water partition coefficient (Wildman–Crippen LogP) is -0.921. The molecule has 0 heterocycles. The summed E-state index contributed by atoms with van der Waals surface area (Å²) < 4.78 is 27.2. The van der Waals surface area contributed by atoms with Crippen LogP contribution in [0.1, 0.15) is 12.8 Å². The zero-order chi connectivity index (χ0) is 8.48. The summed E-state index contributed by atoms with van der Waals surface area (Å²) in [5, 5.41) is 0. The van der Waals surface area contributed by atoms with Crippen molar-refractivity contribution in [2.75, 3.05) is 0 Å². The molecule has 3 N–H and O–H groups in total. The minimum atomic E-state index is -3.94. The number of hydrogen-bond donors (Lipinski definition) is 2. The fraction of sp³-hybridized carbons (Fsp3) is 0.750. The molecule has 6 nitrogen and oxygen atoms in total. The van der Waals surface area contributed by atoms with Crippen LogP contribution in [0.5, 0.6) is 0 Å². The Morgan fingerprint density at radius 2 is 2.09 bits per heavy atom. The maximum absolute atomic E-state index is 10.7. The van der Waals surface area contributed by atoms with E-state index in [1.165, 1.54) is 0 Å². The molecule has 0 radical (unpaired) electrons. The molecule has 1 rings (SSSR count). The molecule has 1 amide bonds. The first kappa shape index (κ1) is 8.28. The molecule has 1 saturated carbocycles. The third-order valence-electron chi connectivity index (χ3n) is 1.08. The zero-order valence-corrected chi connectivity index (χ0v) is 6.43. The van der Waals surface area contributed by atoms with Crippen LogP contribution < -0.4 is 10.5 Å². The van der Waals surface area contributed by atoms with E-state index >= 15 is 0 Å². The van der Waals surface area contributed by atoms with Gasteiger partial charge in [0.2, 0.25) is 0 Å². The molecule has 7 heteroatoms. The van der Waals surface area contributed by atoms with Crippen molar-refractivity contribution < 1.29 is 17.4 Å². The SMILES string of the molecule is NC(=O)OS(=O)(=O)NC1CC1. The lowest BCUT2D eigenvalue weighted by molar-refractivity contribution is 0.212. The largest absolute Gasteiger partial charge is 0.421 e. The van der Waals surface area contributed by atoms with E-state index in [0.717, 1.165) is 12.8 Å². The molecule has 1 aliphatic rings. The lowest BCUT2D eigenvalue weighted by Gasteiger charge is -2.01. The van der Waals surface area contributed by atoms with Crippen molar-refractivity contribution in [1.29, 1.82) is 0 Å². The van der Waals surface area contributed by atoms with Crippen LogP contribution in [-0.4, -0.2) is 20.6 Å². The Balaban J connectivity index is 2.44. The van der Waals surface area contributed by atoms with Gasteiger partial charge in [0.15, 0.2) is 0 Å². The van der Waals surface area contributed by atoms with Gasteiger partial charge in [-0.2, -0.15) is 13.1 Å². The van der Waals surface area contributed by atoms with Crippen LogP contribution in [0.4, 0.5) is 4.79 Å². The van der Waals surface area contributed by atoms with Gasteiger partial charge in [-0.05, 0) is 12.8 Å². The third kappa shape index (κ3) is 3.19. The molecular formula is C4H8N2O4S. The number of carbonyl (C=O) groups is 1. The van der Waals surface area contributed by atoms with Crippen molar-refractivity contribution in [1.82, 2.24) is 4.72 Å². The average molecular weight is 180 g/mol. The van der Waals surface area contributed by atoms with Gasteiger partial charge in [-0.1, -0.05) is 0 Å². The van der Waals surface area contributed by atoms with Crippen LogP contribution in [-0.2, 0) is 14.5 Å². The van der Waals surface area contributed by atoms with Crippen molar-refractivity contribution in [3.63, 3.8) is 0 Å². The van der Waals surface area contributed by atoms with Crippen molar-refractivity contribution in [2.24, 2.45) is 5.73 Å². The third-order valence-corrected chi connectivity index (χ3v) is 2.09. The quantitative estimate of drug-likeness (QED) is 0.586. The predicted molar refractivity (Wildman–Crippen MR) is 35.7 cm³/mol. The Bertz CT molecular complexity index is 255. The lowest BCUT2D eigenvalue weighted by atomic mass is 10.8. The van der Waals surface area contributed by atoms with Crippen LogP contribution in [0.25, 0.3) is 0 Å². The maximum Gasteiger partial charge on any atom is 0.421 e. The van der Waals surface area contributed by atoms with E-state index in [0.29, 0.717) is 0 Å². The van der Waals surface area contributed by atoms with Gasteiger partial charge in [-0.3, -0.25) is 0 Å². The van der Waals surface area contributed by atoms with E-state index in [9.17, 15) is 13.2 Å². The summed E-state index contributed by atoms with van der Waals surface area (Å²) in [6.45, 7) is 0. The molecule has 1 aliphatic carbocycles. The second kappa shape index (κ2) is 2.67. The summed E-state index contributed by atoms with van der Waals surface area (Å²) in [6, 6.07) is -0.0839. The molecule has 11 heavy (non-hydrogen) atoms. The van der Waals surface area contributed by atoms with Crippen LogP contribution in [0.15, 0.2) is 0 Å². The number of hydrogen-bond acceptors (Lipinski definition) is 4. The molecule has 0 aromatic heterocycles. The molecule has 0 aromatic rings. The van der Waals surface area contributed by atoms with E-state index in [2.05, 4.69) is 14.6 Å². The second-order valence-corrected chi connectivity index (χ2v) is 3.56. The zero-order valence-electron chi connectivity index (χ0n) is 5.61. The number of carbonyl (C=O) groups excluding carboxylic acids is 1. The molecular weight excluding hydrogens is 172 g/mol. The summed E-state index contributed by atoms with van der Waals surface area (Å²) in [6.07, 6.45) is 0.237. The molecule has 0 aromatic carbocycles. The average Bonchev–Trinajstić information content (AvgIpc) is 2.43. The van der Waals surface area contributed by atoms with E-state index in [-0.39, 0.29) is 6.04 Å². The number of rotatable bonds is 3. The van der Waals surface area contributed by atoms with Crippen molar-refractivity contribution in [3.05, 3.63) is 0 Å². The first-order chi connectivity index (χ1) is 4.99. The van der Waals surface area contributed by atoms with Crippen molar-refractivity contribution in [2.45, 2.75) is 18.9 Å². The molecule has 0 atom stereocenters. The number of primary amides is 1. The van der Waals surface area contributed by atoms with Gasteiger partial charge in [-0.15, -0.1) is 0 Å². The summed E-state index contributed by atoms with van der Waals surface area (Å²) in [5.41, 5.74) is 4.49. The minimum Gasteiger partial charge on any atom is -0.334 e. The first-order valence-electron chi connectivity index (χ1n) is 3.01. The van der Waals surface area contributed by atoms with Crippen molar-refractivity contribution in [3.8, 4) is 0 Å². The van der Waals surface area contributed by atoms with E-state index in [1.54, 1.807) is 0 Å². The van der Waals surface area contributed by atoms with Crippen LogP contribution in [0.3, 0.4) is 0 Å². The molecule has 0 saturated heterocycles. The highest BCUT2D eigenvalue weighted by atomic mass is 32.2. The standard InChI is InChI=1S/C4H8N2O4S/c5-4(7)10-11(8,9)6-3-1-2-3/h3,6H,1-2H2,(H2,5,7). The highest BCUT2D eigenvalue weighted by Gasteiger charge is 2.28. The van der Waals surface area contributed by atoms with E-state index < -0.39 is 16.4 Å². The highest BCUT2D eigenvalue weighted by molar-refractivity contribution is 7.85. The first-order valence-corrected chi connectivity index (χ1v) is 4.41. The van der Waals surface area contributed by atoms with Crippen LogP contribution in [0.2, 0.25) is 0 Å². The smallest absolute Gasteiger partial charge is 0.334 e. The number of nitrogens with two attached hydrogens (primary N) is 1. The van der Waals surface area contributed by atoms with Gasteiger partial charge < -0.3 is 9.92 Å². The second-order valence-electron chi connectivity index (χ2n) is 2.25. The van der Waals surface area contributed by atoms with E-state index in [4.69, 9.17) is 0 Å². The lowest BCUT2D eigenvalue weighted by Crippen LogP contribution is -2.31. The Morgan fingerprint density at radius 1 is 1.55 bits per heavy atom. The Kier molecular flexibility index (Phi) is 2.01. The monoisotopic (exact) mass is 180 g/mol. The highest BCUT2D eigenvalue weighted by Crippen LogP contribution is 2.19. The van der Waals surface area contributed by atoms with Gasteiger partial charge >= 0.3 is 16.4 Å². The summed E-state index contributed by atoms with van der Waals surface area (Å²) in [5.74, 6) is 0. The van der Waals surface area contributed by atoms with E-state index in [1.807, 2.05) is 0 Å². The molecule has 0 unspecified atom stereocenters. The number of amides is 1. The molecule has 1 fully saturated rings. The van der Waals surface area contributed by atoms with Gasteiger partial charge in [0, 0.05) is 6.04 Å². The normalized spacial score (nSPS) is 17.8. The summed E-state index contributed by atoms with van der Waals surface area (Å²) >= 11 is 0. The van der Waals surface area contributed by atoms with Crippen LogP contribution >= 0.6 is 0 Å². The van der Waals surface area contributed by atoms with Gasteiger partial charge in [0.05, 0.1) is 0 Å². The minimum absolute atomic E-state index is 0.0839. The van der Waals surface area contributed by atoms with Gasteiger partial charge in [0.1, 0.15) is 0 Å². The van der Waals surface area contributed by atoms with Gasteiger partial charge in [-0.25, -0.2) is 4.79 Å². The summed E-state index contributed by atoms with van der Waals surface area (Å²) in [7, 11) is -3.94.